The highest BCUT2D eigenvalue weighted by Gasteiger charge is 2.13. The van der Waals surface area contributed by atoms with E-state index in [9.17, 15) is 9.59 Å². The lowest BCUT2D eigenvalue weighted by atomic mass is 10.1. The largest absolute Gasteiger partial charge is 0.493 e. The number of nitrogens with one attached hydrogen (secondary N) is 1. The summed E-state index contributed by atoms with van der Waals surface area (Å²) >= 11 is 0. The van der Waals surface area contributed by atoms with Crippen molar-refractivity contribution < 1.29 is 19.1 Å². The number of carbonyl (C=O) groups excluding carboxylic acids is 2. The van der Waals surface area contributed by atoms with Crippen LogP contribution in [0, 0.1) is 13.8 Å². The number of amides is 2. The minimum absolute atomic E-state index is 0.0381. The number of hydrogen-bond acceptors (Lipinski definition) is 4. The maximum absolute atomic E-state index is 12.4. The Hall–Kier alpha value is -3.28. The number of rotatable bonds is 8. The van der Waals surface area contributed by atoms with Gasteiger partial charge in [-0.1, -0.05) is 24.3 Å². The molecule has 0 bridgehead atoms. The first-order valence-corrected chi connectivity index (χ1v) is 9.45. The molecule has 2 aromatic carbocycles. The number of nitrogens with zero attached hydrogens (tertiary/aromatic N) is 1. The molecule has 0 saturated heterocycles. The predicted octanol–water partition coefficient (Wildman–Crippen LogP) is 3.82. The zero-order chi connectivity index (χ0) is 21.4. The Kier molecular flexibility index (Phi) is 7.83. The molecular formula is C23H28N2O4. The van der Waals surface area contributed by atoms with Crippen LogP contribution in [-0.2, 0) is 9.59 Å². The average molecular weight is 396 g/mol. The van der Waals surface area contributed by atoms with Crippen molar-refractivity contribution in [3.63, 3.8) is 0 Å². The fourth-order valence-corrected chi connectivity index (χ4v) is 2.84. The number of carbonyl (C=O) groups is 2. The number of benzene rings is 2. The molecule has 0 heterocycles. The number of likely N-dealkylation sites (N-methyl/N-ethyl adjacent to an activating group) is 1. The van der Waals surface area contributed by atoms with Crippen LogP contribution in [0.15, 0.2) is 42.5 Å². The molecule has 0 fully saturated rings. The molecule has 0 aliphatic rings. The van der Waals surface area contributed by atoms with Crippen LogP contribution in [0.5, 0.6) is 11.5 Å². The number of ether oxygens (including phenoxy) is 2. The molecule has 0 spiro atoms. The third-order valence-corrected chi connectivity index (χ3v) is 4.41. The molecule has 2 amide bonds. The van der Waals surface area contributed by atoms with E-state index in [1.807, 2.05) is 45.0 Å². The summed E-state index contributed by atoms with van der Waals surface area (Å²) in [6, 6.07) is 11.2. The zero-order valence-electron chi connectivity index (χ0n) is 17.6. The van der Waals surface area contributed by atoms with Crippen molar-refractivity contribution in [2.24, 2.45) is 0 Å². The highest BCUT2D eigenvalue weighted by atomic mass is 16.5. The van der Waals surface area contributed by atoms with Crippen molar-refractivity contribution in [2.45, 2.75) is 20.8 Å². The summed E-state index contributed by atoms with van der Waals surface area (Å²) in [4.78, 5) is 26.1. The molecule has 0 saturated carbocycles. The van der Waals surface area contributed by atoms with Crippen molar-refractivity contribution in [1.29, 1.82) is 0 Å². The molecule has 2 rings (SSSR count). The number of hydrogen-bond donors (Lipinski definition) is 1. The van der Waals surface area contributed by atoms with Crippen LogP contribution in [-0.4, -0.2) is 44.0 Å². The maximum atomic E-state index is 12.4. The summed E-state index contributed by atoms with van der Waals surface area (Å²) in [5.74, 6) is 0.741. The van der Waals surface area contributed by atoms with Gasteiger partial charge in [-0.05, 0) is 55.7 Å². The number of para-hydroxylation sites is 1. The smallest absolute Gasteiger partial charge is 0.246 e. The van der Waals surface area contributed by atoms with Gasteiger partial charge in [0.15, 0.2) is 11.5 Å². The normalized spacial score (nSPS) is 10.7. The third-order valence-electron chi connectivity index (χ3n) is 4.41. The molecule has 0 aromatic heterocycles. The van der Waals surface area contributed by atoms with E-state index >= 15 is 0 Å². The van der Waals surface area contributed by atoms with E-state index in [0.717, 1.165) is 22.4 Å². The highest BCUT2D eigenvalue weighted by molar-refractivity contribution is 5.98. The van der Waals surface area contributed by atoms with Crippen molar-refractivity contribution in [1.82, 2.24) is 4.90 Å². The summed E-state index contributed by atoms with van der Waals surface area (Å²) < 4.78 is 10.8. The molecule has 0 aliphatic heterocycles. The van der Waals surface area contributed by atoms with Crippen LogP contribution < -0.4 is 14.8 Å². The minimum atomic E-state index is -0.269. The van der Waals surface area contributed by atoms with Crippen molar-refractivity contribution in [2.75, 3.05) is 32.6 Å². The SMILES string of the molecule is CCOc1ccc(C=CC(=O)N(C)CC(=O)Nc2c(C)cccc2C)cc1OC. The standard InChI is InChI=1S/C23H28N2O4/c1-6-29-19-12-10-18(14-20(19)28-5)11-13-22(27)25(4)15-21(26)24-23-16(2)8-7-9-17(23)3/h7-14H,6,15H2,1-5H3,(H,24,26). The molecule has 29 heavy (non-hydrogen) atoms. The van der Waals surface area contributed by atoms with E-state index in [1.54, 1.807) is 32.4 Å². The fourth-order valence-electron chi connectivity index (χ4n) is 2.84. The van der Waals surface area contributed by atoms with Crippen LogP contribution in [0.3, 0.4) is 0 Å². The number of anilines is 1. The van der Waals surface area contributed by atoms with E-state index in [4.69, 9.17) is 9.47 Å². The Balaban J connectivity index is 1.98. The van der Waals surface area contributed by atoms with Gasteiger partial charge in [-0.3, -0.25) is 9.59 Å². The quantitative estimate of drug-likeness (QED) is 0.689. The van der Waals surface area contributed by atoms with E-state index in [0.29, 0.717) is 18.1 Å². The lowest BCUT2D eigenvalue weighted by Gasteiger charge is -2.16. The van der Waals surface area contributed by atoms with Gasteiger partial charge in [0.05, 0.1) is 20.3 Å². The van der Waals surface area contributed by atoms with Crippen LogP contribution in [0.1, 0.15) is 23.6 Å². The molecular weight excluding hydrogens is 368 g/mol. The van der Waals surface area contributed by atoms with E-state index < -0.39 is 0 Å². The van der Waals surface area contributed by atoms with Gasteiger partial charge in [-0.25, -0.2) is 0 Å². The van der Waals surface area contributed by atoms with Crippen LogP contribution >= 0.6 is 0 Å². The van der Waals surface area contributed by atoms with Crippen LogP contribution in [0.25, 0.3) is 6.08 Å². The second-order valence-corrected chi connectivity index (χ2v) is 6.69. The lowest BCUT2D eigenvalue weighted by Crippen LogP contribution is -2.34. The summed E-state index contributed by atoms with van der Waals surface area (Å²) in [7, 11) is 3.16. The van der Waals surface area contributed by atoms with Gasteiger partial charge in [0.2, 0.25) is 11.8 Å². The van der Waals surface area contributed by atoms with Gasteiger partial charge >= 0.3 is 0 Å². The van der Waals surface area contributed by atoms with E-state index in [2.05, 4.69) is 5.32 Å². The second-order valence-electron chi connectivity index (χ2n) is 6.69. The second kappa shape index (κ2) is 10.3. The molecule has 6 nitrogen and oxygen atoms in total. The van der Waals surface area contributed by atoms with Crippen molar-refractivity contribution >= 4 is 23.6 Å². The van der Waals surface area contributed by atoms with Crippen LogP contribution in [0.2, 0.25) is 0 Å². The summed E-state index contributed by atoms with van der Waals surface area (Å²) in [6.45, 7) is 6.28. The Morgan fingerprint density at radius 1 is 1.10 bits per heavy atom. The summed E-state index contributed by atoms with van der Waals surface area (Å²) in [5.41, 5.74) is 3.55. The zero-order valence-corrected chi connectivity index (χ0v) is 17.6. The van der Waals surface area contributed by atoms with Crippen LogP contribution in [0.4, 0.5) is 5.69 Å². The molecule has 1 N–H and O–H groups in total. The van der Waals surface area contributed by atoms with Gasteiger partial charge in [0.25, 0.3) is 0 Å². The Labute approximate surface area is 172 Å². The molecule has 154 valence electrons. The first-order valence-electron chi connectivity index (χ1n) is 9.45. The Morgan fingerprint density at radius 3 is 2.41 bits per heavy atom. The lowest BCUT2D eigenvalue weighted by molar-refractivity contribution is -0.129. The fraction of sp³-hybridized carbons (Fsp3) is 0.304. The van der Waals surface area contributed by atoms with Crippen molar-refractivity contribution in [3.8, 4) is 11.5 Å². The topological polar surface area (TPSA) is 67.9 Å². The molecule has 0 atom stereocenters. The van der Waals surface area contributed by atoms with Gasteiger partial charge < -0.3 is 19.7 Å². The number of methoxy groups -OCH3 is 1. The maximum Gasteiger partial charge on any atom is 0.246 e. The van der Waals surface area contributed by atoms with Gasteiger partial charge in [-0.15, -0.1) is 0 Å². The van der Waals surface area contributed by atoms with Gasteiger partial charge in [-0.2, -0.15) is 0 Å². The highest BCUT2D eigenvalue weighted by Crippen LogP contribution is 2.28. The average Bonchev–Trinajstić information content (AvgIpc) is 2.69. The minimum Gasteiger partial charge on any atom is -0.493 e. The monoisotopic (exact) mass is 396 g/mol. The summed E-state index contributed by atoms with van der Waals surface area (Å²) in [6.07, 6.45) is 3.11. The third kappa shape index (κ3) is 6.10. The van der Waals surface area contributed by atoms with Crippen molar-refractivity contribution in [3.05, 3.63) is 59.2 Å². The van der Waals surface area contributed by atoms with Gasteiger partial charge in [0, 0.05) is 18.8 Å². The Morgan fingerprint density at radius 2 is 1.79 bits per heavy atom. The van der Waals surface area contributed by atoms with Gasteiger partial charge in [0.1, 0.15) is 0 Å². The first-order chi connectivity index (χ1) is 13.8. The predicted molar refractivity (Wildman–Crippen MR) is 115 cm³/mol. The molecule has 2 aromatic rings. The molecule has 0 aliphatic carbocycles. The molecule has 0 radical (unpaired) electrons. The first kappa shape index (κ1) is 22.0. The molecule has 0 unspecified atom stereocenters. The number of aryl methyl sites for hydroxylation is 2. The van der Waals surface area contributed by atoms with E-state index in [1.165, 1.54) is 11.0 Å². The Bertz CT molecular complexity index is 885. The summed E-state index contributed by atoms with van der Waals surface area (Å²) in [5, 5.41) is 2.88. The van der Waals surface area contributed by atoms with E-state index in [-0.39, 0.29) is 18.4 Å². The molecule has 6 heteroatoms.